The Balaban J connectivity index is 0.000000139. The summed E-state index contributed by atoms with van der Waals surface area (Å²) in [4.78, 5) is 4.76. The average Bonchev–Trinajstić information content (AvgIpc) is 1.65. The van der Waals surface area contributed by atoms with Crippen molar-refractivity contribution in [3.63, 3.8) is 0 Å². The highest BCUT2D eigenvalue weighted by Gasteiger charge is 2.37. The summed E-state index contributed by atoms with van der Waals surface area (Å²) in [7, 11) is 0. The van der Waals surface area contributed by atoms with Gasteiger partial charge in [0.1, 0.15) is 11.2 Å². The summed E-state index contributed by atoms with van der Waals surface area (Å²) in [6.45, 7) is 4.76. The number of hydrogen-bond donors (Lipinski definition) is 0. The molecule has 1 aliphatic rings. The summed E-state index contributed by atoms with van der Waals surface area (Å²) in [5.41, 5.74) is 20.1. The molecule has 0 amide bonds. The summed E-state index contributed by atoms with van der Waals surface area (Å²) in [6.07, 6.45) is 0. The molecule has 0 bridgehead atoms. The van der Waals surface area contributed by atoms with E-state index in [4.69, 9.17) is 4.42 Å². The zero-order valence-electron chi connectivity index (χ0n) is 53.7. The number of hydrogen-bond acceptors (Lipinski definition) is 3. The Morgan fingerprint density at radius 3 is 1.54 bits per heavy atom. The molecule has 456 valence electrons. The fourth-order valence-electron chi connectivity index (χ4n) is 16.2. The van der Waals surface area contributed by atoms with E-state index in [0.717, 1.165) is 61.8 Å². The number of rotatable bonds is 8. The fraction of sp³-hybridized carbons (Fsp3) is 0.0323. The van der Waals surface area contributed by atoms with Crippen molar-refractivity contribution in [2.75, 3.05) is 9.80 Å². The zero-order chi connectivity index (χ0) is 64.3. The minimum absolute atomic E-state index is 0.0731. The van der Waals surface area contributed by atoms with Crippen LogP contribution in [0.4, 0.5) is 34.1 Å². The van der Waals surface area contributed by atoms with E-state index in [1.807, 2.05) is 6.07 Å². The first-order chi connectivity index (χ1) is 47.9. The van der Waals surface area contributed by atoms with Gasteiger partial charge in [0.05, 0.1) is 16.7 Å². The Hall–Kier alpha value is -12.5. The van der Waals surface area contributed by atoms with Crippen LogP contribution in [0.5, 0.6) is 0 Å². The van der Waals surface area contributed by atoms with Gasteiger partial charge in [0.25, 0.3) is 0 Å². The van der Waals surface area contributed by atoms with Gasteiger partial charge in [0.15, 0.2) is 0 Å². The van der Waals surface area contributed by atoms with Crippen molar-refractivity contribution < 1.29 is 4.42 Å². The first-order valence-electron chi connectivity index (χ1n) is 33.6. The van der Waals surface area contributed by atoms with Gasteiger partial charge in [-0.3, -0.25) is 0 Å². The number of fused-ring (bicyclic) bond motifs is 22. The van der Waals surface area contributed by atoms with Gasteiger partial charge in [-0.15, -0.1) is 0 Å². The third-order valence-electron chi connectivity index (χ3n) is 20.5. The highest BCUT2D eigenvalue weighted by Crippen LogP contribution is 2.53. The lowest BCUT2D eigenvalue weighted by Gasteiger charge is -2.27. The van der Waals surface area contributed by atoms with E-state index in [9.17, 15) is 0 Å². The Bertz CT molecular complexity index is 6330. The van der Waals surface area contributed by atoms with Crippen LogP contribution in [0.1, 0.15) is 25.0 Å². The second-order valence-corrected chi connectivity index (χ2v) is 26.2. The van der Waals surface area contributed by atoms with E-state index >= 15 is 0 Å². The van der Waals surface area contributed by atoms with Gasteiger partial charge >= 0.3 is 0 Å². The van der Waals surface area contributed by atoms with E-state index in [1.165, 1.54) is 120 Å². The van der Waals surface area contributed by atoms with Crippen LogP contribution < -0.4 is 9.80 Å². The molecule has 2 heterocycles. The predicted octanol–water partition coefficient (Wildman–Crippen LogP) is 26.2. The van der Waals surface area contributed by atoms with Crippen molar-refractivity contribution in [1.29, 1.82) is 0 Å². The molecule has 0 spiro atoms. The molecule has 0 fully saturated rings. The monoisotopic (exact) mass is 1240 g/mol. The largest absolute Gasteiger partial charge is 0.455 e. The molecule has 97 heavy (non-hydrogen) atoms. The van der Waals surface area contributed by atoms with Gasteiger partial charge in [0, 0.05) is 71.9 Å². The van der Waals surface area contributed by atoms with E-state index in [1.54, 1.807) is 0 Å². The fourth-order valence-corrected chi connectivity index (χ4v) is 16.2. The van der Waals surface area contributed by atoms with E-state index in [2.05, 4.69) is 368 Å². The minimum atomic E-state index is -0.0731. The molecular weight excluding hydrogens is 1180 g/mol. The SMILES string of the molecule is CC1(C)c2ccccc2-c2ccc3c(ccc4ccc5cc(N(c6ccccc6)c6cccc7c8ccccc8n(-c8ccccc8)c67)ccc5c43)c21.c1ccc(-c2ccc(N(c3ccccc3)c3ccc4c(ccc5c6oc7ccccc7c6c6ccccc6c45)c3)cc2)cc1. The molecular formula is C93H63N3O. The van der Waals surface area contributed by atoms with Gasteiger partial charge in [-0.05, 0) is 184 Å². The Kier molecular flexibility index (Phi) is 12.9. The summed E-state index contributed by atoms with van der Waals surface area (Å²) in [5.74, 6) is 0. The summed E-state index contributed by atoms with van der Waals surface area (Å²) < 4.78 is 8.96. The Morgan fingerprint density at radius 1 is 0.299 bits per heavy atom. The summed E-state index contributed by atoms with van der Waals surface area (Å²) >= 11 is 0. The molecule has 2 aromatic heterocycles. The number of anilines is 6. The van der Waals surface area contributed by atoms with Gasteiger partial charge in [0.2, 0.25) is 0 Å². The molecule has 0 saturated carbocycles. The smallest absolute Gasteiger partial charge is 0.143 e. The number of nitrogens with zero attached hydrogens (tertiary/aromatic N) is 3. The zero-order valence-corrected chi connectivity index (χ0v) is 53.7. The maximum atomic E-state index is 6.53. The van der Waals surface area contributed by atoms with Crippen molar-refractivity contribution in [1.82, 2.24) is 4.57 Å². The molecule has 20 rings (SSSR count). The molecule has 4 heteroatoms. The van der Waals surface area contributed by atoms with Crippen LogP contribution in [0.3, 0.4) is 0 Å². The maximum Gasteiger partial charge on any atom is 0.143 e. The molecule has 0 saturated heterocycles. The normalized spacial score (nSPS) is 12.5. The number of furan rings is 1. The second-order valence-electron chi connectivity index (χ2n) is 26.2. The second kappa shape index (κ2) is 22.3. The standard InChI is InChI=1S/C51H36N2.C42H27NO/c1-51(2)45-21-11-9-18-39(45)42-31-30-41-43(49(42)51)28-26-33-24-25-34-32-37(27-29-38(34)48(33)41)52(35-14-5-3-6-15-35)47-23-13-20-44-40-19-10-12-22-46(40)53(50(44)47)36-16-7-4-8-17-36;1-3-11-28(12-4-1)29-19-22-32(23-20-29)43(31-13-5-2-6-14-31)33-24-26-34-30(27-33)21-25-38-40(34)35-15-7-8-16-36(35)41-37-17-9-10-18-39(37)44-42(38)41/h3-32H,1-2H3;1-27H. The third kappa shape index (κ3) is 8.91. The van der Waals surface area contributed by atoms with Crippen LogP contribution in [-0.2, 0) is 5.41 Å². The van der Waals surface area contributed by atoms with Gasteiger partial charge in [-0.2, -0.15) is 0 Å². The number of aromatic nitrogens is 1. The van der Waals surface area contributed by atoms with E-state index in [0.29, 0.717) is 0 Å². The van der Waals surface area contributed by atoms with Crippen molar-refractivity contribution >= 4 is 143 Å². The van der Waals surface area contributed by atoms with Crippen LogP contribution in [0, 0.1) is 0 Å². The summed E-state index contributed by atoms with van der Waals surface area (Å²) in [6, 6.07) is 125. The quantitative estimate of drug-likeness (QED) is 0.142. The first-order valence-corrected chi connectivity index (χ1v) is 33.6. The van der Waals surface area contributed by atoms with Gasteiger partial charge in [-0.25, -0.2) is 0 Å². The number of para-hydroxylation sites is 6. The third-order valence-corrected chi connectivity index (χ3v) is 20.5. The molecule has 0 unspecified atom stereocenters. The lowest BCUT2D eigenvalue weighted by molar-refractivity contribution is 0.666. The van der Waals surface area contributed by atoms with E-state index < -0.39 is 0 Å². The Morgan fingerprint density at radius 2 is 0.794 bits per heavy atom. The van der Waals surface area contributed by atoms with Crippen molar-refractivity contribution in [2.24, 2.45) is 0 Å². The number of benzene rings is 17. The minimum Gasteiger partial charge on any atom is -0.455 e. The van der Waals surface area contributed by atoms with Crippen LogP contribution in [-0.4, -0.2) is 4.57 Å². The van der Waals surface area contributed by atoms with Crippen LogP contribution >= 0.6 is 0 Å². The highest BCUT2D eigenvalue weighted by atomic mass is 16.3. The molecule has 4 nitrogen and oxygen atoms in total. The molecule has 0 N–H and O–H groups in total. The lowest BCUT2D eigenvalue weighted by Crippen LogP contribution is -2.15. The molecule has 19 aromatic rings. The average molecular weight is 1240 g/mol. The lowest BCUT2D eigenvalue weighted by atomic mass is 9.79. The van der Waals surface area contributed by atoms with Crippen LogP contribution in [0.15, 0.2) is 350 Å². The first kappa shape index (κ1) is 56.1. The molecule has 0 aliphatic heterocycles. The van der Waals surface area contributed by atoms with Gasteiger partial charge in [-0.1, -0.05) is 263 Å². The van der Waals surface area contributed by atoms with Crippen LogP contribution in [0.25, 0.3) is 136 Å². The maximum absolute atomic E-state index is 6.53. The predicted molar refractivity (Wildman–Crippen MR) is 412 cm³/mol. The van der Waals surface area contributed by atoms with Crippen molar-refractivity contribution in [3.05, 3.63) is 357 Å². The summed E-state index contributed by atoms with van der Waals surface area (Å²) in [5, 5.41) is 19.8. The van der Waals surface area contributed by atoms with Crippen LogP contribution in [0.2, 0.25) is 0 Å². The molecule has 0 radical (unpaired) electrons. The Labute approximate surface area is 562 Å². The topological polar surface area (TPSA) is 24.6 Å². The van der Waals surface area contributed by atoms with Gasteiger partial charge < -0.3 is 18.8 Å². The molecule has 1 aliphatic carbocycles. The highest BCUT2D eigenvalue weighted by molar-refractivity contribution is 6.34. The molecule has 0 atom stereocenters. The molecule has 17 aromatic carbocycles. The van der Waals surface area contributed by atoms with E-state index in [-0.39, 0.29) is 5.41 Å². The van der Waals surface area contributed by atoms with Crippen molar-refractivity contribution in [2.45, 2.75) is 19.3 Å². The van der Waals surface area contributed by atoms with Crippen molar-refractivity contribution in [3.8, 4) is 27.9 Å².